The molecule has 162 valence electrons. The molecule has 7 nitrogen and oxygen atoms in total. The van der Waals surface area contributed by atoms with Gasteiger partial charge in [0.1, 0.15) is 17.5 Å². The van der Waals surface area contributed by atoms with Gasteiger partial charge < -0.3 is 15.6 Å². The molecule has 2 amide bonds. The van der Waals surface area contributed by atoms with E-state index in [9.17, 15) is 14.0 Å². The predicted octanol–water partition coefficient (Wildman–Crippen LogP) is 2.14. The van der Waals surface area contributed by atoms with Gasteiger partial charge in [0.05, 0.1) is 6.04 Å². The number of likely N-dealkylation sites (tertiary alicyclic amines) is 1. The summed E-state index contributed by atoms with van der Waals surface area (Å²) in [6.45, 7) is 1.11. The fourth-order valence-corrected chi connectivity index (χ4v) is 4.00. The summed E-state index contributed by atoms with van der Waals surface area (Å²) in [6.07, 6.45) is 5.26. The average Bonchev–Trinajstić information content (AvgIpc) is 3.41. The van der Waals surface area contributed by atoms with E-state index in [0.717, 1.165) is 36.0 Å². The third-order valence-electron chi connectivity index (χ3n) is 5.76. The lowest BCUT2D eigenvalue weighted by Gasteiger charge is -2.24. The monoisotopic (exact) mass is 423 g/mol. The molecule has 4 rings (SSSR count). The molecule has 3 heterocycles. The van der Waals surface area contributed by atoms with Crippen LogP contribution >= 0.6 is 0 Å². The number of nitrogens with one attached hydrogen (secondary N) is 3. The summed E-state index contributed by atoms with van der Waals surface area (Å²) in [7, 11) is 1.90. The van der Waals surface area contributed by atoms with E-state index in [1.165, 1.54) is 6.07 Å². The second-order valence-electron chi connectivity index (χ2n) is 7.97. The van der Waals surface area contributed by atoms with Gasteiger partial charge in [-0.3, -0.25) is 14.5 Å². The minimum Gasteiger partial charge on any atom is -0.350 e. The molecule has 1 aliphatic rings. The van der Waals surface area contributed by atoms with Gasteiger partial charge in [-0.2, -0.15) is 0 Å². The summed E-state index contributed by atoms with van der Waals surface area (Å²) in [6, 6.07) is 9.02. The van der Waals surface area contributed by atoms with Crippen molar-refractivity contribution in [1.82, 2.24) is 25.5 Å². The molecule has 8 heteroatoms. The minimum atomic E-state index is -0.873. The van der Waals surface area contributed by atoms with Gasteiger partial charge in [0.15, 0.2) is 0 Å². The standard InChI is InChI=1S/C23H26FN5O2/c1-29-10-4-7-20(29)23(31)28-19(12-16-5-2-3-6-18(16)24)22(30)27-14-15-11-17-8-9-25-21(17)26-13-15/h2-3,5-6,8-9,11,13,19-20H,4,7,10,12,14H2,1H3,(H,25,26)(H,27,30)(H,28,31)/t19-,20?/m0/s1. The van der Waals surface area contributed by atoms with E-state index >= 15 is 0 Å². The second-order valence-corrected chi connectivity index (χ2v) is 7.97. The number of rotatable bonds is 7. The van der Waals surface area contributed by atoms with Crippen molar-refractivity contribution in [3.8, 4) is 0 Å². The van der Waals surface area contributed by atoms with Gasteiger partial charge in [-0.25, -0.2) is 9.37 Å². The Balaban J connectivity index is 1.47. The van der Waals surface area contributed by atoms with Crippen LogP contribution in [0, 0.1) is 5.82 Å². The number of pyridine rings is 1. The molecule has 0 saturated carbocycles. The first-order valence-corrected chi connectivity index (χ1v) is 10.4. The fourth-order valence-electron chi connectivity index (χ4n) is 4.00. The molecule has 0 radical (unpaired) electrons. The third-order valence-corrected chi connectivity index (χ3v) is 5.76. The van der Waals surface area contributed by atoms with Crippen molar-refractivity contribution in [3.05, 3.63) is 65.7 Å². The number of H-pyrrole nitrogens is 1. The number of aromatic nitrogens is 2. The molecule has 0 spiro atoms. The highest BCUT2D eigenvalue weighted by atomic mass is 19.1. The number of carbonyl (C=O) groups excluding carboxylic acids is 2. The number of amides is 2. The molecule has 1 saturated heterocycles. The lowest BCUT2D eigenvalue weighted by Crippen LogP contribution is -2.52. The molecule has 1 aliphatic heterocycles. The van der Waals surface area contributed by atoms with Crippen molar-refractivity contribution >= 4 is 22.8 Å². The van der Waals surface area contributed by atoms with Crippen LogP contribution in [-0.4, -0.2) is 52.4 Å². The summed E-state index contributed by atoms with van der Waals surface area (Å²) < 4.78 is 14.2. The quantitative estimate of drug-likeness (QED) is 0.543. The van der Waals surface area contributed by atoms with Crippen LogP contribution in [0.1, 0.15) is 24.0 Å². The van der Waals surface area contributed by atoms with Crippen molar-refractivity contribution in [1.29, 1.82) is 0 Å². The zero-order chi connectivity index (χ0) is 21.8. The average molecular weight is 423 g/mol. The molecule has 1 aromatic carbocycles. The zero-order valence-corrected chi connectivity index (χ0v) is 17.4. The SMILES string of the molecule is CN1CCCC1C(=O)N[C@@H](Cc1ccccc1F)C(=O)NCc1cnc2[nH]ccc2c1. The number of nitrogens with zero attached hydrogens (tertiary/aromatic N) is 2. The Bertz CT molecular complexity index is 1080. The molecule has 1 unspecified atom stereocenters. The van der Waals surface area contributed by atoms with Crippen molar-refractivity contribution in [2.75, 3.05) is 13.6 Å². The fraction of sp³-hybridized carbons (Fsp3) is 0.348. The van der Waals surface area contributed by atoms with Crippen LogP contribution in [-0.2, 0) is 22.6 Å². The number of aromatic amines is 1. The number of likely N-dealkylation sites (N-methyl/N-ethyl adjacent to an activating group) is 1. The Morgan fingerprint density at radius 2 is 2.16 bits per heavy atom. The van der Waals surface area contributed by atoms with Gasteiger partial charge in [-0.05, 0) is 55.8 Å². The highest BCUT2D eigenvalue weighted by Crippen LogP contribution is 2.16. The summed E-state index contributed by atoms with van der Waals surface area (Å²) in [5, 5.41) is 6.66. The number of halogens is 1. The normalized spacial score (nSPS) is 17.5. The number of hydrogen-bond donors (Lipinski definition) is 3. The molecule has 3 aromatic rings. The van der Waals surface area contributed by atoms with Gasteiger partial charge in [-0.15, -0.1) is 0 Å². The largest absolute Gasteiger partial charge is 0.350 e. The molecule has 31 heavy (non-hydrogen) atoms. The summed E-state index contributed by atoms with van der Waals surface area (Å²) >= 11 is 0. The van der Waals surface area contributed by atoms with Crippen LogP contribution in [0.25, 0.3) is 11.0 Å². The molecular weight excluding hydrogens is 397 g/mol. The van der Waals surface area contributed by atoms with E-state index in [1.807, 2.05) is 24.1 Å². The highest BCUT2D eigenvalue weighted by molar-refractivity contribution is 5.90. The molecule has 2 atom stereocenters. The zero-order valence-electron chi connectivity index (χ0n) is 17.4. The van der Waals surface area contributed by atoms with Gasteiger partial charge in [0.2, 0.25) is 11.8 Å². The Kier molecular flexibility index (Phi) is 6.27. The molecule has 2 aromatic heterocycles. The summed E-state index contributed by atoms with van der Waals surface area (Å²) in [5.74, 6) is -0.951. The first-order chi connectivity index (χ1) is 15.0. The second kappa shape index (κ2) is 9.26. The molecule has 0 bridgehead atoms. The third kappa shape index (κ3) is 4.91. The van der Waals surface area contributed by atoms with E-state index in [4.69, 9.17) is 0 Å². The maximum Gasteiger partial charge on any atom is 0.243 e. The number of benzene rings is 1. The van der Waals surface area contributed by atoms with Crippen molar-refractivity contribution in [2.45, 2.75) is 37.9 Å². The Morgan fingerprint density at radius 3 is 2.94 bits per heavy atom. The lowest BCUT2D eigenvalue weighted by molar-refractivity contribution is -0.131. The molecule has 1 fully saturated rings. The van der Waals surface area contributed by atoms with Crippen LogP contribution < -0.4 is 10.6 Å². The number of hydrogen-bond acceptors (Lipinski definition) is 4. The molecule has 3 N–H and O–H groups in total. The highest BCUT2D eigenvalue weighted by Gasteiger charge is 2.31. The van der Waals surface area contributed by atoms with Crippen LogP contribution in [0.4, 0.5) is 4.39 Å². The number of carbonyl (C=O) groups is 2. The van der Waals surface area contributed by atoms with Gasteiger partial charge in [0, 0.05) is 30.7 Å². The maximum absolute atomic E-state index is 14.2. The van der Waals surface area contributed by atoms with Crippen molar-refractivity contribution in [3.63, 3.8) is 0 Å². The van der Waals surface area contributed by atoms with E-state index in [-0.39, 0.29) is 30.8 Å². The van der Waals surface area contributed by atoms with Gasteiger partial charge in [0.25, 0.3) is 0 Å². The van der Waals surface area contributed by atoms with Crippen LogP contribution in [0.2, 0.25) is 0 Å². The topological polar surface area (TPSA) is 90.1 Å². The Labute approximate surface area is 180 Å². The van der Waals surface area contributed by atoms with Crippen LogP contribution in [0.3, 0.4) is 0 Å². The van der Waals surface area contributed by atoms with Crippen molar-refractivity contribution < 1.29 is 14.0 Å². The summed E-state index contributed by atoms with van der Waals surface area (Å²) in [5.41, 5.74) is 2.01. The van der Waals surface area contributed by atoms with Crippen molar-refractivity contribution in [2.24, 2.45) is 0 Å². The van der Waals surface area contributed by atoms with Crippen LogP contribution in [0.5, 0.6) is 0 Å². The maximum atomic E-state index is 14.2. The Morgan fingerprint density at radius 1 is 1.32 bits per heavy atom. The van der Waals surface area contributed by atoms with E-state index in [0.29, 0.717) is 5.56 Å². The predicted molar refractivity (Wildman–Crippen MR) is 116 cm³/mol. The van der Waals surface area contributed by atoms with E-state index in [2.05, 4.69) is 20.6 Å². The van der Waals surface area contributed by atoms with Gasteiger partial charge in [-0.1, -0.05) is 18.2 Å². The smallest absolute Gasteiger partial charge is 0.243 e. The molecular formula is C23H26FN5O2. The van der Waals surface area contributed by atoms with Crippen LogP contribution in [0.15, 0.2) is 48.8 Å². The number of fused-ring (bicyclic) bond motifs is 1. The molecule has 0 aliphatic carbocycles. The Hall–Kier alpha value is -3.26. The summed E-state index contributed by atoms with van der Waals surface area (Å²) in [4.78, 5) is 35.1. The van der Waals surface area contributed by atoms with Gasteiger partial charge >= 0.3 is 0 Å². The first-order valence-electron chi connectivity index (χ1n) is 10.4. The first kappa shape index (κ1) is 21.0. The lowest BCUT2D eigenvalue weighted by atomic mass is 10.0. The van der Waals surface area contributed by atoms with E-state index in [1.54, 1.807) is 30.6 Å². The van der Waals surface area contributed by atoms with E-state index < -0.39 is 11.9 Å². The minimum absolute atomic E-state index is 0.0791.